The number of hydrogen-bond donors (Lipinski definition) is 1. The predicted molar refractivity (Wildman–Crippen MR) is 85.2 cm³/mol. The quantitative estimate of drug-likeness (QED) is 0.646. The van der Waals surface area contributed by atoms with Gasteiger partial charge in [-0.3, -0.25) is 0 Å². The molecule has 0 atom stereocenters. The summed E-state index contributed by atoms with van der Waals surface area (Å²) >= 11 is 4.04. The van der Waals surface area contributed by atoms with E-state index in [1.807, 2.05) is 6.07 Å². The summed E-state index contributed by atoms with van der Waals surface area (Å²) in [4.78, 5) is 12.1. The molecular formula is C12H15IN4S. The summed E-state index contributed by atoms with van der Waals surface area (Å²) in [7, 11) is 0. The van der Waals surface area contributed by atoms with Gasteiger partial charge in [0, 0.05) is 21.9 Å². The Labute approximate surface area is 124 Å². The smallest absolute Gasteiger partial charge is 0.222 e. The predicted octanol–water partition coefficient (Wildman–Crippen LogP) is 3.08. The van der Waals surface area contributed by atoms with Crippen molar-refractivity contribution in [3.63, 3.8) is 0 Å². The first kappa shape index (κ1) is 13.5. The molecule has 4 nitrogen and oxygen atoms in total. The third-order valence-corrected chi connectivity index (χ3v) is 4.20. The summed E-state index contributed by atoms with van der Waals surface area (Å²) in [5, 5.41) is 2.09. The molecule has 2 N–H and O–H groups in total. The van der Waals surface area contributed by atoms with Crippen LogP contribution in [-0.4, -0.2) is 16.5 Å². The van der Waals surface area contributed by atoms with Crippen LogP contribution in [0.5, 0.6) is 0 Å². The largest absolute Gasteiger partial charge is 0.368 e. The molecule has 0 aliphatic carbocycles. The molecule has 0 aromatic carbocycles. The molecule has 2 heterocycles. The van der Waals surface area contributed by atoms with Crippen molar-refractivity contribution < 1.29 is 0 Å². The summed E-state index contributed by atoms with van der Waals surface area (Å²) in [6.45, 7) is 3.88. The number of hydrogen-bond acceptors (Lipinski definition) is 5. The van der Waals surface area contributed by atoms with Gasteiger partial charge in [-0.25, -0.2) is 4.98 Å². The van der Waals surface area contributed by atoms with Crippen molar-refractivity contribution in [2.75, 3.05) is 17.2 Å². The van der Waals surface area contributed by atoms with Crippen LogP contribution >= 0.6 is 33.9 Å². The van der Waals surface area contributed by atoms with E-state index < -0.39 is 0 Å². The number of aromatic nitrogens is 2. The minimum atomic E-state index is 0.351. The molecule has 0 aliphatic heterocycles. The fourth-order valence-corrected chi connectivity index (χ4v) is 2.79. The fraction of sp³-hybridized carbons (Fsp3) is 0.333. The Morgan fingerprint density at radius 2 is 2.28 bits per heavy atom. The Morgan fingerprint density at radius 1 is 1.44 bits per heavy atom. The van der Waals surface area contributed by atoms with Gasteiger partial charge >= 0.3 is 0 Å². The Bertz CT molecular complexity index is 501. The van der Waals surface area contributed by atoms with E-state index in [1.54, 1.807) is 11.3 Å². The van der Waals surface area contributed by atoms with E-state index in [-0.39, 0.29) is 0 Å². The van der Waals surface area contributed by atoms with Crippen molar-refractivity contribution in [2.24, 2.45) is 0 Å². The minimum Gasteiger partial charge on any atom is -0.368 e. The molecule has 0 spiro atoms. The highest BCUT2D eigenvalue weighted by atomic mass is 127. The van der Waals surface area contributed by atoms with Crippen LogP contribution in [0.1, 0.15) is 17.5 Å². The molecule has 0 amide bonds. The van der Waals surface area contributed by atoms with E-state index in [9.17, 15) is 0 Å². The van der Waals surface area contributed by atoms with Crippen LogP contribution in [0.15, 0.2) is 23.6 Å². The lowest BCUT2D eigenvalue weighted by atomic mass is 10.3. The molecule has 6 heteroatoms. The van der Waals surface area contributed by atoms with Crippen LogP contribution in [-0.2, 0) is 11.0 Å². The third-order valence-electron chi connectivity index (χ3n) is 2.55. The molecule has 0 saturated heterocycles. The van der Waals surface area contributed by atoms with Gasteiger partial charge in [0.05, 0.1) is 12.2 Å². The Morgan fingerprint density at radius 3 is 2.89 bits per heavy atom. The molecule has 0 bridgehead atoms. The Kier molecular flexibility index (Phi) is 4.76. The molecule has 96 valence electrons. The van der Waals surface area contributed by atoms with Gasteiger partial charge < -0.3 is 10.6 Å². The number of nitrogens with two attached hydrogens (primary N) is 1. The van der Waals surface area contributed by atoms with E-state index >= 15 is 0 Å². The zero-order valence-corrected chi connectivity index (χ0v) is 13.1. The fourth-order valence-electron chi connectivity index (χ4n) is 1.68. The summed E-state index contributed by atoms with van der Waals surface area (Å²) in [6.07, 6.45) is 0. The molecule has 0 fully saturated rings. The lowest BCUT2D eigenvalue weighted by Crippen LogP contribution is -2.23. The number of nitrogens with zero attached hydrogens (tertiary/aromatic N) is 3. The highest BCUT2D eigenvalue weighted by Crippen LogP contribution is 2.19. The summed E-state index contributed by atoms with van der Waals surface area (Å²) < 4.78 is 0.841. The average molecular weight is 374 g/mol. The van der Waals surface area contributed by atoms with Gasteiger partial charge in [0.1, 0.15) is 5.82 Å². The highest BCUT2D eigenvalue weighted by Gasteiger charge is 2.10. The lowest BCUT2D eigenvalue weighted by molar-refractivity contribution is 0.819. The van der Waals surface area contributed by atoms with Gasteiger partial charge in [0.2, 0.25) is 5.95 Å². The van der Waals surface area contributed by atoms with E-state index in [1.165, 1.54) is 4.88 Å². The molecule has 2 rings (SSSR count). The highest BCUT2D eigenvalue weighted by molar-refractivity contribution is 14.1. The first-order valence-corrected chi connectivity index (χ1v) is 8.10. The second kappa shape index (κ2) is 6.33. The minimum absolute atomic E-state index is 0.351. The van der Waals surface area contributed by atoms with Gasteiger partial charge in [-0.05, 0) is 18.4 Å². The number of halogens is 1. The molecule has 18 heavy (non-hydrogen) atoms. The summed E-state index contributed by atoms with van der Waals surface area (Å²) in [5.41, 5.74) is 6.73. The molecule has 0 saturated carbocycles. The maximum absolute atomic E-state index is 5.75. The topological polar surface area (TPSA) is 55.0 Å². The molecule has 0 radical (unpaired) electrons. The van der Waals surface area contributed by atoms with Crippen molar-refractivity contribution in [2.45, 2.75) is 17.9 Å². The van der Waals surface area contributed by atoms with Crippen molar-refractivity contribution >= 4 is 45.7 Å². The molecular weight excluding hydrogens is 359 g/mol. The van der Waals surface area contributed by atoms with Gasteiger partial charge in [-0.2, -0.15) is 4.98 Å². The first-order chi connectivity index (χ1) is 8.72. The van der Waals surface area contributed by atoms with Crippen LogP contribution in [0.25, 0.3) is 0 Å². The zero-order valence-electron chi connectivity index (χ0n) is 10.1. The van der Waals surface area contributed by atoms with Crippen molar-refractivity contribution in [1.29, 1.82) is 0 Å². The Balaban J connectivity index is 2.24. The molecule has 2 aromatic rings. The maximum atomic E-state index is 5.75. The number of thiophene rings is 1. The zero-order chi connectivity index (χ0) is 13.0. The van der Waals surface area contributed by atoms with E-state index in [0.29, 0.717) is 5.95 Å². The molecule has 2 aromatic heterocycles. The van der Waals surface area contributed by atoms with Crippen LogP contribution in [0, 0.1) is 0 Å². The maximum Gasteiger partial charge on any atom is 0.222 e. The second-order valence-corrected chi connectivity index (χ2v) is 5.60. The van der Waals surface area contributed by atoms with Crippen molar-refractivity contribution in [3.8, 4) is 0 Å². The number of alkyl halides is 1. The van der Waals surface area contributed by atoms with Gasteiger partial charge in [0.25, 0.3) is 0 Å². The molecule has 0 aliphatic rings. The Hall–Kier alpha value is -0.890. The second-order valence-electron chi connectivity index (χ2n) is 3.80. The van der Waals surface area contributed by atoms with Gasteiger partial charge in [-0.15, -0.1) is 11.3 Å². The van der Waals surface area contributed by atoms with Crippen LogP contribution in [0.2, 0.25) is 0 Å². The average Bonchev–Trinajstić information content (AvgIpc) is 2.88. The number of anilines is 2. The van der Waals surface area contributed by atoms with Crippen LogP contribution in [0.4, 0.5) is 11.8 Å². The van der Waals surface area contributed by atoms with Gasteiger partial charge in [0.15, 0.2) is 0 Å². The van der Waals surface area contributed by atoms with Crippen LogP contribution in [0.3, 0.4) is 0 Å². The first-order valence-electron chi connectivity index (χ1n) is 5.69. The SMILES string of the molecule is CCN(Cc1cccs1)c1cc(CI)nc(N)n1. The number of rotatable bonds is 5. The molecule has 0 unspecified atom stereocenters. The van der Waals surface area contributed by atoms with E-state index in [2.05, 4.69) is 61.9 Å². The van der Waals surface area contributed by atoms with E-state index in [4.69, 9.17) is 5.73 Å². The van der Waals surface area contributed by atoms with Crippen LogP contribution < -0.4 is 10.6 Å². The van der Waals surface area contributed by atoms with Crippen molar-refractivity contribution in [3.05, 3.63) is 34.2 Å². The normalized spacial score (nSPS) is 10.6. The van der Waals surface area contributed by atoms with Crippen molar-refractivity contribution in [1.82, 2.24) is 9.97 Å². The number of nitrogen functional groups attached to an aromatic ring is 1. The van der Waals surface area contributed by atoms with Gasteiger partial charge in [-0.1, -0.05) is 28.7 Å². The lowest BCUT2D eigenvalue weighted by Gasteiger charge is -2.21. The summed E-state index contributed by atoms with van der Waals surface area (Å²) in [6, 6.07) is 6.22. The summed E-state index contributed by atoms with van der Waals surface area (Å²) in [5.74, 6) is 1.26. The monoisotopic (exact) mass is 374 g/mol. The van der Waals surface area contributed by atoms with E-state index in [0.717, 1.165) is 29.0 Å². The third kappa shape index (κ3) is 3.32. The standard InChI is InChI=1S/C12H15IN4S/c1-2-17(8-10-4-3-5-18-10)11-6-9(7-13)15-12(14)16-11/h3-6H,2,7-8H2,1H3,(H2,14,15,16).